The van der Waals surface area contributed by atoms with Gasteiger partial charge in [-0.2, -0.15) is 4.98 Å². The van der Waals surface area contributed by atoms with Gasteiger partial charge in [0.05, 0.1) is 13.7 Å². The first-order chi connectivity index (χ1) is 14.8. The first kappa shape index (κ1) is 20.7. The molecule has 0 aliphatic rings. The summed E-state index contributed by atoms with van der Waals surface area (Å²) < 4.78 is 29.2. The zero-order valence-electron chi connectivity index (χ0n) is 16.9. The van der Waals surface area contributed by atoms with Gasteiger partial charge in [0.1, 0.15) is 17.3 Å². The van der Waals surface area contributed by atoms with Crippen molar-refractivity contribution in [1.82, 2.24) is 18.7 Å². The highest BCUT2D eigenvalue weighted by atomic mass is 35.5. The summed E-state index contributed by atoms with van der Waals surface area (Å²) in [5, 5.41) is 0.191. The second-order valence-electron chi connectivity index (χ2n) is 6.84. The lowest BCUT2D eigenvalue weighted by atomic mass is 10.2. The zero-order valence-corrected chi connectivity index (χ0v) is 17.7. The van der Waals surface area contributed by atoms with Gasteiger partial charge in [-0.05, 0) is 24.3 Å². The number of halogens is 2. The van der Waals surface area contributed by atoms with Crippen molar-refractivity contribution >= 4 is 22.8 Å². The molecule has 0 aliphatic heterocycles. The van der Waals surface area contributed by atoms with Crippen LogP contribution in [-0.2, 0) is 20.6 Å². The van der Waals surface area contributed by atoms with Crippen LogP contribution in [0.5, 0.6) is 17.5 Å². The van der Waals surface area contributed by atoms with Crippen LogP contribution in [0.1, 0.15) is 5.56 Å². The Morgan fingerprint density at radius 1 is 1.06 bits per heavy atom. The zero-order chi connectivity index (χ0) is 22.3. The number of hydrogen-bond donors (Lipinski definition) is 0. The number of aromatic nitrogens is 4. The van der Waals surface area contributed by atoms with E-state index >= 15 is 0 Å². The summed E-state index contributed by atoms with van der Waals surface area (Å²) in [5.74, 6) is 0.404. The maximum atomic E-state index is 14.5. The van der Waals surface area contributed by atoms with E-state index in [1.807, 2.05) is 0 Å². The molecule has 0 saturated heterocycles. The van der Waals surface area contributed by atoms with Crippen LogP contribution in [0.4, 0.5) is 4.39 Å². The monoisotopic (exact) mass is 444 g/mol. The molecule has 4 rings (SSSR count). The third-order valence-corrected chi connectivity index (χ3v) is 5.30. The molecule has 0 atom stereocenters. The molecule has 160 valence electrons. The Balaban J connectivity index is 1.97. The van der Waals surface area contributed by atoms with Crippen LogP contribution in [0.25, 0.3) is 11.2 Å². The largest absolute Gasteiger partial charge is 0.497 e. The van der Waals surface area contributed by atoms with E-state index in [9.17, 15) is 14.0 Å². The molecule has 0 saturated carbocycles. The predicted octanol–water partition coefficient (Wildman–Crippen LogP) is 3.08. The summed E-state index contributed by atoms with van der Waals surface area (Å²) in [6.07, 6.45) is 0. The summed E-state index contributed by atoms with van der Waals surface area (Å²) in [6.45, 7) is -0.130. The molecule has 0 fully saturated rings. The number of fused-ring (bicyclic) bond motifs is 1. The second kappa shape index (κ2) is 7.92. The Labute approximate surface area is 180 Å². The summed E-state index contributed by atoms with van der Waals surface area (Å²) in [6, 6.07) is 11.1. The highest BCUT2D eigenvalue weighted by molar-refractivity contribution is 6.31. The Bertz CT molecular complexity index is 1400. The van der Waals surface area contributed by atoms with E-state index in [0.29, 0.717) is 11.5 Å². The van der Waals surface area contributed by atoms with Gasteiger partial charge in [0.2, 0.25) is 0 Å². The van der Waals surface area contributed by atoms with Gasteiger partial charge in [0.25, 0.3) is 5.56 Å². The number of imidazole rings is 1. The van der Waals surface area contributed by atoms with Crippen molar-refractivity contribution in [2.24, 2.45) is 14.1 Å². The molecular formula is C21H18ClFN4O4. The maximum Gasteiger partial charge on any atom is 0.332 e. The highest BCUT2D eigenvalue weighted by Crippen LogP contribution is 2.29. The van der Waals surface area contributed by atoms with Gasteiger partial charge in [-0.3, -0.25) is 18.5 Å². The van der Waals surface area contributed by atoms with Crippen molar-refractivity contribution in [3.05, 3.63) is 79.7 Å². The fourth-order valence-electron chi connectivity index (χ4n) is 3.26. The summed E-state index contributed by atoms with van der Waals surface area (Å²) in [7, 11) is 4.38. The van der Waals surface area contributed by atoms with Gasteiger partial charge in [-0.1, -0.05) is 23.7 Å². The smallest absolute Gasteiger partial charge is 0.332 e. The van der Waals surface area contributed by atoms with Crippen molar-refractivity contribution in [3.63, 3.8) is 0 Å². The maximum absolute atomic E-state index is 14.5. The molecule has 0 radical (unpaired) electrons. The Morgan fingerprint density at radius 2 is 1.77 bits per heavy atom. The van der Waals surface area contributed by atoms with Crippen LogP contribution in [0.3, 0.4) is 0 Å². The molecule has 0 N–H and O–H groups in total. The minimum Gasteiger partial charge on any atom is -0.497 e. The molecule has 10 heteroatoms. The van der Waals surface area contributed by atoms with Gasteiger partial charge in [0, 0.05) is 30.7 Å². The van der Waals surface area contributed by atoms with Gasteiger partial charge in [-0.15, -0.1) is 0 Å². The van der Waals surface area contributed by atoms with Crippen LogP contribution in [0.2, 0.25) is 5.02 Å². The molecule has 2 aromatic carbocycles. The lowest BCUT2D eigenvalue weighted by Crippen LogP contribution is -2.37. The normalized spacial score (nSPS) is 11.1. The minimum atomic E-state index is -0.585. The second-order valence-corrected chi connectivity index (χ2v) is 7.25. The third-order valence-electron chi connectivity index (χ3n) is 4.94. The van der Waals surface area contributed by atoms with Gasteiger partial charge >= 0.3 is 11.7 Å². The van der Waals surface area contributed by atoms with Crippen molar-refractivity contribution < 1.29 is 13.9 Å². The number of benzene rings is 2. The molecule has 0 unspecified atom stereocenters. The number of methoxy groups -OCH3 is 1. The highest BCUT2D eigenvalue weighted by Gasteiger charge is 2.22. The molecule has 0 amide bonds. The molecule has 2 heterocycles. The Morgan fingerprint density at radius 3 is 2.48 bits per heavy atom. The lowest BCUT2D eigenvalue weighted by molar-refractivity contribution is 0.398. The fraction of sp³-hybridized carbons (Fsp3) is 0.190. The topological polar surface area (TPSA) is 80.3 Å². The van der Waals surface area contributed by atoms with E-state index in [0.717, 1.165) is 4.57 Å². The number of hydrogen-bond acceptors (Lipinski definition) is 5. The standard InChI is InChI=1S/C21H18ClFN4O4/c1-25-18-17(19(28)26(2)21(25)29)27(11-14-15(22)8-5-9-16(14)23)20(24-18)31-13-7-4-6-12(10-13)30-3/h4-10H,11H2,1-3H3. The number of ether oxygens (including phenoxy) is 2. The van der Waals surface area contributed by atoms with E-state index in [-0.39, 0.29) is 34.3 Å². The van der Waals surface area contributed by atoms with Crippen LogP contribution in [0.15, 0.2) is 52.1 Å². The fourth-order valence-corrected chi connectivity index (χ4v) is 3.49. The van der Waals surface area contributed by atoms with Gasteiger partial charge in [0.15, 0.2) is 11.2 Å². The van der Waals surface area contributed by atoms with E-state index < -0.39 is 17.1 Å². The predicted molar refractivity (Wildman–Crippen MR) is 114 cm³/mol. The minimum absolute atomic E-state index is 0.000808. The Kier molecular flexibility index (Phi) is 5.28. The summed E-state index contributed by atoms with van der Waals surface area (Å²) >= 11 is 6.21. The molecular weight excluding hydrogens is 427 g/mol. The SMILES string of the molecule is COc1cccc(Oc2nc3c(c(=O)n(C)c(=O)n3C)n2Cc2c(F)cccc2Cl)c1. The van der Waals surface area contributed by atoms with Crippen LogP contribution in [0, 0.1) is 5.82 Å². The summed E-state index contributed by atoms with van der Waals surface area (Å²) in [5.41, 5.74) is -0.771. The number of nitrogens with zero attached hydrogens (tertiary/aromatic N) is 4. The van der Waals surface area contributed by atoms with Crippen molar-refractivity contribution in [2.75, 3.05) is 7.11 Å². The third kappa shape index (κ3) is 3.57. The number of rotatable bonds is 5. The first-order valence-electron chi connectivity index (χ1n) is 9.23. The van der Waals surface area contributed by atoms with Crippen LogP contribution < -0.4 is 20.7 Å². The molecule has 8 nitrogen and oxygen atoms in total. The quantitative estimate of drug-likeness (QED) is 0.472. The Hall–Kier alpha value is -3.59. The molecule has 31 heavy (non-hydrogen) atoms. The van der Waals surface area contributed by atoms with E-state index in [1.54, 1.807) is 30.3 Å². The van der Waals surface area contributed by atoms with Crippen LogP contribution in [-0.4, -0.2) is 25.8 Å². The molecule has 0 bridgehead atoms. The van der Waals surface area contributed by atoms with Crippen molar-refractivity contribution in [3.8, 4) is 17.5 Å². The lowest BCUT2D eigenvalue weighted by Gasteiger charge is -2.12. The van der Waals surface area contributed by atoms with Crippen molar-refractivity contribution in [2.45, 2.75) is 6.54 Å². The molecule has 0 spiro atoms. The molecule has 0 aliphatic carbocycles. The summed E-state index contributed by atoms with van der Waals surface area (Å²) in [4.78, 5) is 29.7. The molecule has 2 aromatic heterocycles. The average Bonchev–Trinajstić information content (AvgIpc) is 3.11. The van der Waals surface area contributed by atoms with Crippen LogP contribution >= 0.6 is 11.6 Å². The van der Waals surface area contributed by atoms with Gasteiger partial charge in [-0.25, -0.2) is 9.18 Å². The van der Waals surface area contributed by atoms with E-state index in [1.165, 1.54) is 42.5 Å². The molecule has 4 aromatic rings. The number of aryl methyl sites for hydroxylation is 1. The van der Waals surface area contributed by atoms with E-state index in [2.05, 4.69) is 4.98 Å². The average molecular weight is 445 g/mol. The van der Waals surface area contributed by atoms with Gasteiger partial charge < -0.3 is 9.47 Å². The van der Waals surface area contributed by atoms with Crippen molar-refractivity contribution in [1.29, 1.82) is 0 Å². The van der Waals surface area contributed by atoms with E-state index in [4.69, 9.17) is 21.1 Å². The first-order valence-corrected chi connectivity index (χ1v) is 9.60.